The molecule has 0 fully saturated rings. The van der Waals surface area contributed by atoms with Gasteiger partial charge in [-0.1, -0.05) is 0 Å². The second kappa shape index (κ2) is 4.13. The topological polar surface area (TPSA) is 89.7 Å². The maximum atomic E-state index is 13.3. The van der Waals surface area contributed by atoms with Crippen molar-refractivity contribution in [2.24, 2.45) is 0 Å². The molecule has 0 aliphatic rings. The zero-order chi connectivity index (χ0) is 12.5. The lowest BCUT2D eigenvalue weighted by molar-refractivity contribution is -0.386. The van der Waals surface area contributed by atoms with Crippen LogP contribution in [0.4, 0.5) is 10.1 Å². The first kappa shape index (κ1) is 11.9. The molecular formula is C9H8FNO5. The minimum Gasteiger partial charge on any atom is -0.490 e. The Labute approximate surface area is 89.4 Å². The Balaban J connectivity index is 3.68. The van der Waals surface area contributed by atoms with E-state index in [1.54, 1.807) is 0 Å². The molecule has 1 aromatic carbocycles. The van der Waals surface area contributed by atoms with E-state index in [-0.39, 0.29) is 5.56 Å². The van der Waals surface area contributed by atoms with Gasteiger partial charge < -0.3 is 9.84 Å². The van der Waals surface area contributed by atoms with E-state index in [9.17, 15) is 19.3 Å². The molecule has 7 heteroatoms. The molecule has 6 nitrogen and oxygen atoms in total. The molecule has 0 amide bonds. The van der Waals surface area contributed by atoms with Gasteiger partial charge in [0, 0.05) is 5.56 Å². The lowest BCUT2D eigenvalue weighted by atomic mass is 10.1. The van der Waals surface area contributed by atoms with Crippen molar-refractivity contribution < 1.29 is 24.0 Å². The highest BCUT2D eigenvalue weighted by Crippen LogP contribution is 2.34. The fourth-order valence-electron chi connectivity index (χ4n) is 1.31. The number of aromatic carboxylic acids is 1. The Morgan fingerprint density at radius 3 is 2.56 bits per heavy atom. The first-order valence-electron chi connectivity index (χ1n) is 4.15. The molecule has 0 heterocycles. The zero-order valence-corrected chi connectivity index (χ0v) is 8.48. The molecule has 0 saturated heterocycles. The molecule has 0 aliphatic heterocycles. The monoisotopic (exact) mass is 229 g/mol. The Morgan fingerprint density at radius 2 is 2.19 bits per heavy atom. The van der Waals surface area contributed by atoms with E-state index in [1.807, 2.05) is 0 Å². The number of rotatable bonds is 3. The van der Waals surface area contributed by atoms with Crippen LogP contribution in [0.25, 0.3) is 0 Å². The van der Waals surface area contributed by atoms with Crippen LogP contribution in [0.1, 0.15) is 15.9 Å². The second-order valence-corrected chi connectivity index (χ2v) is 2.97. The van der Waals surface area contributed by atoms with Gasteiger partial charge in [0.2, 0.25) is 5.75 Å². The van der Waals surface area contributed by atoms with Crippen LogP contribution >= 0.6 is 0 Å². The number of nitro groups is 1. The lowest BCUT2D eigenvalue weighted by Crippen LogP contribution is -2.08. The molecule has 0 spiro atoms. The molecule has 1 N–H and O–H groups in total. The first-order valence-corrected chi connectivity index (χ1v) is 4.15. The molecule has 86 valence electrons. The van der Waals surface area contributed by atoms with Crippen molar-refractivity contribution in [2.45, 2.75) is 6.92 Å². The molecule has 1 rings (SSSR count). The minimum atomic E-state index is -1.48. The lowest BCUT2D eigenvalue weighted by Gasteiger charge is -2.08. The van der Waals surface area contributed by atoms with Crippen molar-refractivity contribution in [1.29, 1.82) is 0 Å². The standard InChI is InChI=1S/C9H8FNO5/c1-4-5(10)3-6(11(14)15)8(16-2)7(4)9(12)13/h3H,1-2H3,(H,12,13). The summed E-state index contributed by atoms with van der Waals surface area (Å²) in [6.07, 6.45) is 0. The van der Waals surface area contributed by atoms with Crippen molar-refractivity contribution in [1.82, 2.24) is 0 Å². The summed E-state index contributed by atoms with van der Waals surface area (Å²) in [7, 11) is 1.09. The van der Waals surface area contributed by atoms with Crippen LogP contribution in [0.5, 0.6) is 5.75 Å². The average Bonchev–Trinajstić information content (AvgIpc) is 2.20. The molecule has 0 radical (unpaired) electrons. The quantitative estimate of drug-likeness (QED) is 0.629. The van der Waals surface area contributed by atoms with Crippen LogP contribution in [-0.4, -0.2) is 23.1 Å². The molecule has 0 aromatic heterocycles. The van der Waals surface area contributed by atoms with E-state index in [1.165, 1.54) is 6.92 Å². The number of nitrogens with zero attached hydrogens (tertiary/aromatic N) is 1. The van der Waals surface area contributed by atoms with E-state index in [0.717, 1.165) is 7.11 Å². The smallest absolute Gasteiger partial charge is 0.340 e. The molecular weight excluding hydrogens is 221 g/mol. The fourth-order valence-corrected chi connectivity index (χ4v) is 1.31. The third-order valence-corrected chi connectivity index (χ3v) is 2.07. The third-order valence-electron chi connectivity index (χ3n) is 2.07. The molecule has 1 aromatic rings. The van der Waals surface area contributed by atoms with Crippen molar-refractivity contribution in [3.05, 3.63) is 33.1 Å². The third kappa shape index (κ3) is 1.79. The van der Waals surface area contributed by atoms with Crippen molar-refractivity contribution >= 4 is 11.7 Å². The number of benzene rings is 1. The van der Waals surface area contributed by atoms with Gasteiger partial charge in [-0.25, -0.2) is 9.18 Å². The van der Waals surface area contributed by atoms with Crippen LogP contribution in [0.15, 0.2) is 6.07 Å². The molecule has 16 heavy (non-hydrogen) atoms. The number of carboxylic acid groups (broad SMARTS) is 1. The normalized spacial score (nSPS) is 9.94. The Kier molecular flexibility index (Phi) is 3.07. The maximum Gasteiger partial charge on any atom is 0.340 e. The van der Waals surface area contributed by atoms with Gasteiger partial charge >= 0.3 is 11.7 Å². The van der Waals surface area contributed by atoms with E-state index >= 15 is 0 Å². The van der Waals surface area contributed by atoms with E-state index < -0.39 is 33.7 Å². The van der Waals surface area contributed by atoms with Gasteiger partial charge in [0.1, 0.15) is 11.4 Å². The summed E-state index contributed by atoms with van der Waals surface area (Å²) in [6, 6.07) is 0.639. The predicted molar refractivity (Wildman–Crippen MR) is 51.3 cm³/mol. The van der Waals surface area contributed by atoms with Crippen molar-refractivity contribution in [2.75, 3.05) is 7.11 Å². The molecule has 0 atom stereocenters. The summed E-state index contributed by atoms with van der Waals surface area (Å²) in [5.74, 6) is -2.88. The number of carbonyl (C=O) groups is 1. The Hall–Kier alpha value is -2.18. The molecule has 0 bridgehead atoms. The SMILES string of the molecule is COc1c([N+](=O)[O-])cc(F)c(C)c1C(=O)O. The highest BCUT2D eigenvalue weighted by molar-refractivity contribution is 5.94. The summed E-state index contributed by atoms with van der Waals surface area (Å²) >= 11 is 0. The number of halogens is 1. The highest BCUT2D eigenvalue weighted by atomic mass is 19.1. The minimum absolute atomic E-state index is 0.199. The Morgan fingerprint density at radius 1 is 1.62 bits per heavy atom. The number of ether oxygens (including phenoxy) is 1. The molecule has 0 unspecified atom stereocenters. The van der Waals surface area contributed by atoms with Crippen LogP contribution in [0, 0.1) is 22.9 Å². The Bertz CT molecular complexity index is 471. The summed E-state index contributed by atoms with van der Waals surface area (Å²) in [4.78, 5) is 20.5. The maximum absolute atomic E-state index is 13.3. The summed E-state index contributed by atoms with van der Waals surface area (Å²) < 4.78 is 17.9. The number of hydrogen-bond acceptors (Lipinski definition) is 4. The van der Waals surface area contributed by atoms with Gasteiger partial charge in [-0.2, -0.15) is 0 Å². The highest BCUT2D eigenvalue weighted by Gasteiger charge is 2.27. The second-order valence-electron chi connectivity index (χ2n) is 2.97. The van der Waals surface area contributed by atoms with Gasteiger partial charge in [0.15, 0.2) is 0 Å². The van der Waals surface area contributed by atoms with Crippen LogP contribution in [-0.2, 0) is 0 Å². The van der Waals surface area contributed by atoms with Gasteiger partial charge in [0.05, 0.1) is 18.1 Å². The summed E-state index contributed by atoms with van der Waals surface area (Å²) in [5, 5.41) is 19.4. The molecule has 0 saturated carbocycles. The largest absolute Gasteiger partial charge is 0.490 e. The van der Waals surface area contributed by atoms with E-state index in [0.29, 0.717) is 6.07 Å². The van der Waals surface area contributed by atoms with E-state index in [2.05, 4.69) is 4.74 Å². The number of nitro benzene ring substituents is 1. The first-order chi connectivity index (χ1) is 7.40. The van der Waals surface area contributed by atoms with Crippen LogP contribution < -0.4 is 4.74 Å². The van der Waals surface area contributed by atoms with Crippen LogP contribution in [0.3, 0.4) is 0 Å². The van der Waals surface area contributed by atoms with Crippen molar-refractivity contribution in [3.63, 3.8) is 0 Å². The fraction of sp³-hybridized carbons (Fsp3) is 0.222. The van der Waals surface area contributed by atoms with Crippen molar-refractivity contribution in [3.8, 4) is 5.75 Å². The van der Waals surface area contributed by atoms with Gasteiger partial charge in [-0.3, -0.25) is 10.1 Å². The number of hydrogen-bond donors (Lipinski definition) is 1. The number of carboxylic acids is 1. The predicted octanol–water partition coefficient (Wildman–Crippen LogP) is 1.75. The van der Waals surface area contributed by atoms with Gasteiger partial charge in [0.25, 0.3) is 0 Å². The van der Waals surface area contributed by atoms with E-state index in [4.69, 9.17) is 5.11 Å². The van der Waals surface area contributed by atoms with Gasteiger partial charge in [-0.05, 0) is 6.92 Å². The number of methoxy groups -OCH3 is 1. The van der Waals surface area contributed by atoms with Crippen LogP contribution in [0.2, 0.25) is 0 Å². The summed E-state index contributed by atoms with van der Waals surface area (Å²) in [5.41, 5.74) is -1.44. The van der Waals surface area contributed by atoms with Gasteiger partial charge in [-0.15, -0.1) is 0 Å². The zero-order valence-electron chi connectivity index (χ0n) is 8.48. The average molecular weight is 229 g/mol. The molecule has 0 aliphatic carbocycles. The summed E-state index contributed by atoms with van der Waals surface area (Å²) in [6.45, 7) is 1.21.